The first-order chi connectivity index (χ1) is 11.7. The Morgan fingerprint density at radius 3 is 2.42 bits per heavy atom. The zero-order valence-corrected chi connectivity index (χ0v) is 14.7. The Labute approximate surface area is 143 Å². The minimum Gasteiger partial charge on any atom is -0.296 e. The number of rotatable bonds is 3. The Morgan fingerprint density at radius 1 is 1.04 bits per heavy atom. The Balaban J connectivity index is 1.71. The molecule has 0 amide bonds. The fourth-order valence-corrected chi connectivity index (χ4v) is 4.55. The van der Waals surface area contributed by atoms with E-state index in [4.69, 9.17) is 5.10 Å². The Hall–Kier alpha value is -1.65. The molecule has 0 aromatic carbocycles. The van der Waals surface area contributed by atoms with Crippen LogP contribution in [0.25, 0.3) is 5.52 Å². The van der Waals surface area contributed by atoms with Gasteiger partial charge in [-0.2, -0.15) is 5.10 Å². The molecule has 2 fully saturated rings. The van der Waals surface area contributed by atoms with E-state index in [1.807, 2.05) is 11.6 Å². The lowest BCUT2D eigenvalue weighted by atomic mass is 9.87. The monoisotopic (exact) mass is 328 g/mol. The minimum atomic E-state index is 0.0466. The first-order valence-electron chi connectivity index (χ1n) is 9.67. The molecule has 24 heavy (non-hydrogen) atoms. The molecule has 0 bridgehead atoms. The maximum absolute atomic E-state index is 12.7. The second-order valence-corrected chi connectivity index (χ2v) is 7.74. The summed E-state index contributed by atoms with van der Waals surface area (Å²) in [6, 6.07) is 0. The molecule has 2 saturated carbocycles. The molecule has 4 rings (SSSR count). The van der Waals surface area contributed by atoms with Gasteiger partial charge >= 0.3 is 0 Å². The molecule has 0 saturated heterocycles. The normalized spacial score (nSPS) is 20.7. The van der Waals surface area contributed by atoms with Crippen molar-refractivity contribution >= 4 is 5.52 Å². The van der Waals surface area contributed by atoms with E-state index >= 15 is 0 Å². The molecule has 5 heteroatoms. The summed E-state index contributed by atoms with van der Waals surface area (Å²) in [4.78, 5) is 17.3. The van der Waals surface area contributed by atoms with Crippen molar-refractivity contribution in [2.45, 2.75) is 76.5 Å². The summed E-state index contributed by atoms with van der Waals surface area (Å²) in [6.45, 7) is 0. The van der Waals surface area contributed by atoms with Crippen LogP contribution >= 0.6 is 0 Å². The highest BCUT2D eigenvalue weighted by Crippen LogP contribution is 2.32. The smallest absolute Gasteiger partial charge is 0.279 e. The first kappa shape index (κ1) is 15.9. The van der Waals surface area contributed by atoms with Crippen LogP contribution in [0.15, 0.2) is 11.0 Å². The van der Waals surface area contributed by atoms with Gasteiger partial charge in [-0.1, -0.05) is 51.4 Å². The summed E-state index contributed by atoms with van der Waals surface area (Å²) in [7, 11) is 1.86. The molecule has 2 aliphatic carbocycles. The van der Waals surface area contributed by atoms with E-state index in [-0.39, 0.29) is 5.56 Å². The van der Waals surface area contributed by atoms with E-state index < -0.39 is 0 Å². The summed E-state index contributed by atoms with van der Waals surface area (Å²) in [5.41, 5.74) is 0.677. The Kier molecular flexibility index (Phi) is 4.42. The molecular formula is C19H28N4O. The van der Waals surface area contributed by atoms with E-state index in [1.165, 1.54) is 64.2 Å². The van der Waals surface area contributed by atoms with Crippen molar-refractivity contribution in [3.8, 4) is 0 Å². The van der Waals surface area contributed by atoms with Crippen molar-refractivity contribution < 1.29 is 0 Å². The average molecular weight is 328 g/mol. The quantitative estimate of drug-likeness (QED) is 0.865. The number of aromatic nitrogens is 4. The molecule has 5 nitrogen and oxygen atoms in total. The van der Waals surface area contributed by atoms with Crippen LogP contribution in [0.1, 0.15) is 81.8 Å². The van der Waals surface area contributed by atoms with Crippen LogP contribution in [-0.2, 0) is 13.5 Å². The number of imidazole rings is 1. The maximum atomic E-state index is 12.7. The number of fused-ring (bicyclic) bond motifs is 1. The third-order valence-corrected chi connectivity index (χ3v) is 6.06. The number of nitrogens with zero attached hydrogens (tertiary/aromatic N) is 4. The van der Waals surface area contributed by atoms with Gasteiger partial charge in [0.1, 0.15) is 11.6 Å². The van der Waals surface area contributed by atoms with Crippen LogP contribution in [0.3, 0.4) is 0 Å². The van der Waals surface area contributed by atoms with Crippen LogP contribution in [0.4, 0.5) is 0 Å². The molecule has 0 radical (unpaired) electrons. The molecule has 2 heterocycles. The van der Waals surface area contributed by atoms with Gasteiger partial charge in [-0.3, -0.25) is 9.36 Å². The van der Waals surface area contributed by atoms with Crippen LogP contribution < -0.4 is 5.56 Å². The fraction of sp³-hybridized carbons (Fsp3) is 0.737. The Bertz CT molecular complexity index is 764. The highest BCUT2D eigenvalue weighted by Gasteiger charge is 2.23. The average Bonchev–Trinajstić information content (AvgIpc) is 3.05. The first-order valence-corrected chi connectivity index (χ1v) is 9.67. The molecular weight excluding hydrogens is 300 g/mol. The van der Waals surface area contributed by atoms with Crippen molar-refractivity contribution in [1.82, 2.24) is 19.2 Å². The van der Waals surface area contributed by atoms with Gasteiger partial charge in [0.05, 0.1) is 6.20 Å². The standard InChI is InChI=1S/C19H28N4O/c1-22-17(12-14-8-4-2-5-9-14)21-23-16(19(22)24)13-20-18(23)15-10-6-3-7-11-15/h13-15H,2-12H2,1H3. The third kappa shape index (κ3) is 2.89. The van der Waals surface area contributed by atoms with Crippen LogP contribution in [0.5, 0.6) is 0 Å². The van der Waals surface area contributed by atoms with Gasteiger partial charge < -0.3 is 0 Å². The molecule has 0 N–H and O–H groups in total. The van der Waals surface area contributed by atoms with Gasteiger partial charge in [-0.15, -0.1) is 0 Å². The Morgan fingerprint density at radius 2 is 1.71 bits per heavy atom. The van der Waals surface area contributed by atoms with Crippen LogP contribution in [0, 0.1) is 5.92 Å². The van der Waals surface area contributed by atoms with Crippen molar-refractivity contribution in [2.24, 2.45) is 13.0 Å². The lowest BCUT2D eigenvalue weighted by Gasteiger charge is -2.22. The van der Waals surface area contributed by atoms with E-state index in [0.717, 1.165) is 18.1 Å². The zero-order valence-electron chi connectivity index (χ0n) is 14.7. The van der Waals surface area contributed by atoms with Gasteiger partial charge in [-0.25, -0.2) is 9.50 Å². The molecule has 0 spiro atoms. The SMILES string of the molecule is Cn1c(CC2CCCCC2)nn2c(C3CCCCC3)ncc2c1=O. The van der Waals surface area contributed by atoms with Gasteiger partial charge in [0, 0.05) is 19.4 Å². The highest BCUT2D eigenvalue weighted by molar-refractivity contribution is 5.43. The predicted molar refractivity (Wildman–Crippen MR) is 94.3 cm³/mol. The second kappa shape index (κ2) is 6.69. The van der Waals surface area contributed by atoms with Crippen molar-refractivity contribution in [3.63, 3.8) is 0 Å². The number of hydrogen-bond donors (Lipinski definition) is 0. The van der Waals surface area contributed by atoms with E-state index in [0.29, 0.717) is 17.4 Å². The van der Waals surface area contributed by atoms with Gasteiger partial charge in [0.25, 0.3) is 5.56 Å². The topological polar surface area (TPSA) is 52.2 Å². The predicted octanol–water partition coefficient (Wildman–Crippen LogP) is 3.60. The summed E-state index contributed by atoms with van der Waals surface area (Å²) >= 11 is 0. The summed E-state index contributed by atoms with van der Waals surface area (Å²) < 4.78 is 3.62. The van der Waals surface area contributed by atoms with Crippen molar-refractivity contribution in [1.29, 1.82) is 0 Å². The summed E-state index contributed by atoms with van der Waals surface area (Å²) in [5.74, 6) is 3.07. The minimum absolute atomic E-state index is 0.0466. The molecule has 130 valence electrons. The van der Waals surface area contributed by atoms with Gasteiger partial charge in [-0.05, 0) is 18.8 Å². The molecule has 0 aliphatic heterocycles. The van der Waals surface area contributed by atoms with E-state index in [2.05, 4.69) is 4.98 Å². The van der Waals surface area contributed by atoms with Crippen molar-refractivity contribution in [3.05, 3.63) is 28.2 Å². The molecule has 2 aromatic rings. The number of hydrogen-bond acceptors (Lipinski definition) is 3. The summed E-state index contributed by atoms with van der Waals surface area (Å²) in [6.07, 6.45) is 15.4. The molecule has 0 unspecified atom stereocenters. The van der Waals surface area contributed by atoms with E-state index in [1.54, 1.807) is 10.8 Å². The van der Waals surface area contributed by atoms with Gasteiger partial charge in [0.2, 0.25) is 0 Å². The highest BCUT2D eigenvalue weighted by atomic mass is 16.1. The fourth-order valence-electron chi connectivity index (χ4n) is 4.55. The van der Waals surface area contributed by atoms with Gasteiger partial charge in [0.15, 0.2) is 5.52 Å². The van der Waals surface area contributed by atoms with Crippen molar-refractivity contribution in [2.75, 3.05) is 0 Å². The molecule has 2 aliphatic rings. The third-order valence-electron chi connectivity index (χ3n) is 6.06. The molecule has 2 aromatic heterocycles. The second-order valence-electron chi connectivity index (χ2n) is 7.74. The van der Waals surface area contributed by atoms with E-state index in [9.17, 15) is 4.79 Å². The maximum Gasteiger partial charge on any atom is 0.279 e. The molecule has 0 atom stereocenters. The lowest BCUT2D eigenvalue weighted by Crippen LogP contribution is -2.27. The zero-order chi connectivity index (χ0) is 16.5. The lowest BCUT2D eigenvalue weighted by molar-refractivity contribution is 0.345. The summed E-state index contributed by atoms with van der Waals surface area (Å²) in [5, 5.41) is 4.88. The van der Waals surface area contributed by atoms with Crippen LogP contribution in [0.2, 0.25) is 0 Å². The largest absolute Gasteiger partial charge is 0.296 e. The van der Waals surface area contributed by atoms with Crippen LogP contribution in [-0.4, -0.2) is 19.2 Å².